The maximum atomic E-state index is 12.8. The zero-order valence-electron chi connectivity index (χ0n) is 56.6. The van der Waals surface area contributed by atoms with Crippen LogP contribution in [0.3, 0.4) is 0 Å². The summed E-state index contributed by atoms with van der Waals surface area (Å²) in [5, 5.41) is 98.2. The van der Waals surface area contributed by atoms with E-state index in [1.807, 2.05) is 0 Å². The molecule has 0 spiro atoms. The van der Waals surface area contributed by atoms with Crippen LogP contribution in [0.2, 0.25) is 0 Å². The number of aliphatic hydroxyl groups excluding tert-OH is 9. The fourth-order valence-corrected chi connectivity index (χ4v) is 12.5. The van der Waals surface area contributed by atoms with E-state index in [9.17, 15) is 98.2 Å². The number of phosphoric acid groups is 4. The molecule has 3 heterocycles. The lowest BCUT2D eigenvalue weighted by molar-refractivity contribution is -0.270. The van der Waals surface area contributed by atoms with Gasteiger partial charge in [-0.1, -0.05) is 0 Å². The van der Waals surface area contributed by atoms with Crippen LogP contribution in [0.25, 0.3) is 0 Å². The summed E-state index contributed by atoms with van der Waals surface area (Å²) in [5.74, 6) is -1.62. The predicted molar refractivity (Wildman–Crippen MR) is 338 cm³/mol. The Morgan fingerprint density at radius 1 is 0.350 bits per heavy atom. The first-order chi connectivity index (χ1) is 47.3. The van der Waals surface area contributed by atoms with Gasteiger partial charge in [-0.15, -0.1) is 0 Å². The van der Waals surface area contributed by atoms with Crippen molar-refractivity contribution in [1.29, 1.82) is 0 Å². The number of hydrogen-bond donors (Lipinski definition) is 16. The Labute approximate surface area is 579 Å². The van der Waals surface area contributed by atoms with Crippen LogP contribution in [0.1, 0.15) is 91.4 Å². The van der Waals surface area contributed by atoms with E-state index in [0.717, 1.165) is 7.11 Å². The van der Waals surface area contributed by atoms with Crippen molar-refractivity contribution in [3.05, 3.63) is 0 Å². The fourth-order valence-electron chi connectivity index (χ4n) is 9.67. The Kier molecular flexibility index (Phi) is 45.3. The van der Waals surface area contributed by atoms with Crippen LogP contribution in [0.4, 0.5) is 0 Å². The molecule has 41 nitrogen and oxygen atoms in total. The van der Waals surface area contributed by atoms with Crippen LogP contribution >= 0.6 is 31.3 Å². The lowest BCUT2D eigenvalue weighted by Gasteiger charge is -2.42. The largest absolute Gasteiger partial charge is 0.472 e. The maximum absolute atomic E-state index is 12.8. The molecule has 100 heavy (non-hydrogen) atoms. The number of ether oxygens (including phenoxy) is 10. The third-order valence-corrected chi connectivity index (χ3v) is 18.9. The monoisotopic (exact) mass is 1540 g/mol. The molecule has 3 amide bonds. The first-order valence-electron chi connectivity index (χ1n) is 32.6. The lowest BCUT2D eigenvalue weighted by atomic mass is 9.92. The van der Waals surface area contributed by atoms with Crippen LogP contribution in [-0.4, -0.2) is 321 Å². The third kappa shape index (κ3) is 36.6. The highest BCUT2D eigenvalue weighted by molar-refractivity contribution is 7.48. The molecule has 0 bridgehead atoms. The van der Waals surface area contributed by atoms with E-state index in [1.54, 1.807) is 0 Å². The summed E-state index contributed by atoms with van der Waals surface area (Å²) >= 11 is 0. The Morgan fingerprint density at radius 3 is 0.810 bits per heavy atom. The quantitative estimate of drug-likeness (QED) is 0.0219. The third-order valence-electron chi connectivity index (χ3n) is 14.8. The lowest BCUT2D eigenvalue weighted by Crippen LogP contribution is -2.64. The van der Waals surface area contributed by atoms with Gasteiger partial charge in [0.2, 0.25) is 17.7 Å². The summed E-state index contributed by atoms with van der Waals surface area (Å²) in [6, 6.07) is -3.49. The van der Waals surface area contributed by atoms with Crippen LogP contribution < -0.4 is 16.0 Å². The van der Waals surface area contributed by atoms with Gasteiger partial charge >= 0.3 is 31.3 Å². The maximum Gasteiger partial charge on any atom is 0.472 e. The van der Waals surface area contributed by atoms with Crippen molar-refractivity contribution in [3.8, 4) is 0 Å². The highest BCUT2D eigenvalue weighted by Crippen LogP contribution is 2.46. The second kappa shape index (κ2) is 49.1. The second-order valence-corrected chi connectivity index (χ2v) is 29.3. The van der Waals surface area contributed by atoms with Crippen molar-refractivity contribution in [2.45, 2.75) is 183 Å². The van der Waals surface area contributed by atoms with Crippen molar-refractivity contribution >= 4 is 49.0 Å². The van der Waals surface area contributed by atoms with Gasteiger partial charge in [0.25, 0.3) is 0 Å². The fraction of sp³-hybridized carbons (Fsp3) is 0.945. The number of phosphoric ester groups is 4. The summed E-state index contributed by atoms with van der Waals surface area (Å²) < 4.78 is 148. The number of rotatable bonds is 57. The van der Waals surface area contributed by atoms with Gasteiger partial charge in [-0.2, -0.15) is 0 Å². The number of nitrogens with one attached hydrogen (secondary N) is 3. The Balaban J connectivity index is 1.58. The number of unbranched alkanes of at least 4 members (excludes halogenated alkanes) is 4. The Bertz CT molecular complexity index is 2250. The minimum Gasteiger partial charge on any atom is -0.394 e. The first-order valence-corrected chi connectivity index (χ1v) is 38.6. The number of amides is 3. The van der Waals surface area contributed by atoms with Crippen molar-refractivity contribution in [2.75, 3.05) is 146 Å². The molecule has 16 N–H and O–H groups in total. The average molecular weight is 1540 g/mol. The van der Waals surface area contributed by atoms with Gasteiger partial charge in [0.15, 0.2) is 18.9 Å². The number of aliphatic hydroxyl groups is 9. The molecule has 3 saturated heterocycles. The summed E-state index contributed by atoms with van der Waals surface area (Å²) in [6.07, 6.45) is -14.4. The second-order valence-electron chi connectivity index (χ2n) is 23.4. The van der Waals surface area contributed by atoms with Gasteiger partial charge in [-0.3, -0.25) is 50.6 Å². The van der Waals surface area contributed by atoms with Crippen molar-refractivity contribution in [1.82, 2.24) is 16.0 Å². The number of carbonyl (C=O) groups excluding carboxylic acids is 3. The van der Waals surface area contributed by atoms with Gasteiger partial charge in [0.1, 0.15) is 73.1 Å². The average Bonchev–Trinajstić information content (AvgIpc) is 0.822. The van der Waals surface area contributed by atoms with Gasteiger partial charge in [-0.05, 0) is 70.6 Å². The minimum absolute atomic E-state index is 0.0440. The van der Waals surface area contributed by atoms with E-state index in [-0.39, 0.29) is 183 Å². The van der Waals surface area contributed by atoms with Crippen LogP contribution in [0, 0.1) is 5.41 Å². The van der Waals surface area contributed by atoms with Gasteiger partial charge in [0, 0.05) is 74.1 Å². The molecule has 590 valence electrons. The summed E-state index contributed by atoms with van der Waals surface area (Å²) in [5.41, 5.74) is -1.17. The number of hydrogen-bond acceptors (Lipinski definition) is 34. The van der Waals surface area contributed by atoms with E-state index in [4.69, 9.17) is 79.0 Å². The first kappa shape index (κ1) is 92.3. The highest BCUT2D eigenvalue weighted by Gasteiger charge is 2.48. The Morgan fingerprint density at radius 2 is 0.570 bits per heavy atom. The SMILES string of the molecule is COP(=O)(O)OCCCCOCC(COCCCOP(=O)(O)OCCCCO[C@@H]1OC(CO)[C@H](O)[C@H](O)C1NC(C)=O)(COCCCOP(=O)(O)OCCCCO[C@@H]1OC(CO)[C@H](O)[C@H](O)C1NC(C)=O)COCCCOP(=O)(O)OCCCCO[C@@H]1OC(CO)[C@H](O)[C@H](O)C1NC(C)=O. The predicted octanol–water partition coefficient (Wildman–Crippen LogP) is -2.62. The normalized spacial score (nSPS) is 28.8. The smallest absolute Gasteiger partial charge is 0.394 e. The van der Waals surface area contributed by atoms with Crippen molar-refractivity contribution < 1.29 is 182 Å². The molecule has 3 aliphatic heterocycles. The van der Waals surface area contributed by atoms with Crippen LogP contribution in [0.5, 0.6) is 0 Å². The zero-order valence-corrected chi connectivity index (χ0v) is 60.2. The Hall–Kier alpha value is -1.91. The molecule has 3 rings (SSSR count). The van der Waals surface area contributed by atoms with Crippen molar-refractivity contribution in [3.63, 3.8) is 0 Å². The zero-order chi connectivity index (χ0) is 74.4. The van der Waals surface area contributed by atoms with Gasteiger partial charge in [-0.25, -0.2) is 18.3 Å². The molecule has 3 fully saturated rings. The molecule has 19 atom stereocenters. The molecule has 0 aliphatic carbocycles. The van der Waals surface area contributed by atoms with E-state index in [1.165, 1.54) is 20.8 Å². The topological polar surface area (TPSA) is 585 Å². The van der Waals surface area contributed by atoms with Crippen LogP contribution in [-0.2, 0) is 116 Å². The van der Waals surface area contributed by atoms with Crippen LogP contribution in [0.15, 0.2) is 0 Å². The summed E-state index contributed by atoms with van der Waals surface area (Å²) in [4.78, 5) is 76.0. The van der Waals surface area contributed by atoms with Gasteiger partial charge in [0.05, 0.1) is 97.9 Å². The van der Waals surface area contributed by atoms with E-state index >= 15 is 0 Å². The molecule has 0 saturated carbocycles. The van der Waals surface area contributed by atoms with E-state index < -0.39 is 166 Å². The molecular weight excluding hydrogens is 1430 g/mol. The molecule has 0 aromatic heterocycles. The van der Waals surface area contributed by atoms with Gasteiger partial charge < -0.3 is 129 Å². The molecule has 0 aromatic rings. The standard InChI is InChI=1S/C55H107N3O38P4/c1-37(62)56-43-49(68)46(65)40(30-59)94-52(43)84-20-6-10-24-88-98(73,74)91-27-13-17-81-34-55(33-80-16-5-9-23-87-97(71,72)79-4,35-82-18-14-28-92-99(75,76)89-25-11-7-21-85-53-44(57-38(2)63)50(69)47(66)41(31-60)95-53)36-83-19-15-29-93-100(77,78)90-26-12-8-22-86-54-45(58-39(3)64)51(70)48(67)42(32-61)96-54/h40-54,59-61,65-70H,5-36H2,1-4H3,(H,56,62)(H,57,63)(H,58,64)(H,71,72)(H,73,74)(H,75,76)(H,77,78)/t40?,41?,42?,43?,44?,45?,46-,47-,48-,49+,50+,51+,52+,53+,54+,55?/m0/s1. The van der Waals surface area contributed by atoms with E-state index in [2.05, 4.69) is 20.5 Å². The molecule has 0 aromatic carbocycles. The van der Waals surface area contributed by atoms with E-state index in [0.29, 0.717) is 6.42 Å². The highest BCUT2D eigenvalue weighted by atomic mass is 31.2. The molecule has 0 radical (unpaired) electrons. The molecule has 45 heteroatoms. The molecular formula is C55H107N3O38P4. The summed E-state index contributed by atoms with van der Waals surface area (Å²) in [6.45, 7) is -1.19. The molecule has 3 aliphatic rings. The molecule has 10 unspecified atom stereocenters. The van der Waals surface area contributed by atoms with Crippen molar-refractivity contribution in [2.24, 2.45) is 5.41 Å². The summed E-state index contributed by atoms with van der Waals surface area (Å²) in [7, 11) is -17.0. The minimum atomic E-state index is -4.60. The number of carbonyl (C=O) groups is 3.